The average molecular weight is 429 g/mol. The van der Waals surface area contributed by atoms with Crippen LogP contribution in [0.25, 0.3) is 11.4 Å². The molecule has 1 aliphatic rings. The first-order valence-corrected chi connectivity index (χ1v) is 11.5. The van der Waals surface area contributed by atoms with Crippen LogP contribution in [-0.4, -0.2) is 47.0 Å². The van der Waals surface area contributed by atoms with E-state index in [9.17, 15) is 4.79 Å². The zero-order chi connectivity index (χ0) is 22.5. The van der Waals surface area contributed by atoms with Crippen molar-refractivity contribution in [2.45, 2.75) is 33.6 Å². The molecule has 32 heavy (non-hydrogen) atoms. The van der Waals surface area contributed by atoms with Gasteiger partial charge in [0.25, 0.3) is 0 Å². The highest BCUT2D eigenvalue weighted by Gasteiger charge is 2.24. The topological polar surface area (TPSA) is 49.3 Å². The Balaban J connectivity index is 1.70. The van der Waals surface area contributed by atoms with Crippen LogP contribution < -0.4 is 4.90 Å². The van der Waals surface area contributed by atoms with Crippen molar-refractivity contribution in [1.29, 1.82) is 0 Å². The van der Waals surface area contributed by atoms with E-state index in [0.717, 1.165) is 61.9 Å². The number of hydrogen-bond acceptors (Lipinski definition) is 4. The molecule has 1 aromatic heterocycles. The third-order valence-electron chi connectivity index (χ3n) is 6.05. The van der Waals surface area contributed by atoms with E-state index in [1.807, 2.05) is 43.0 Å². The van der Waals surface area contributed by atoms with Crippen molar-refractivity contribution >= 4 is 11.7 Å². The van der Waals surface area contributed by atoms with Crippen LogP contribution in [0.4, 0.5) is 5.82 Å². The Morgan fingerprint density at radius 2 is 1.59 bits per heavy atom. The Morgan fingerprint density at radius 3 is 2.28 bits per heavy atom. The summed E-state index contributed by atoms with van der Waals surface area (Å²) in [7, 11) is 0. The predicted molar refractivity (Wildman–Crippen MR) is 130 cm³/mol. The molecule has 1 saturated heterocycles. The summed E-state index contributed by atoms with van der Waals surface area (Å²) in [4.78, 5) is 26.9. The quantitative estimate of drug-likeness (QED) is 0.589. The lowest BCUT2D eigenvalue weighted by atomic mass is 10.0. The van der Waals surface area contributed by atoms with Crippen molar-refractivity contribution < 1.29 is 4.79 Å². The van der Waals surface area contributed by atoms with Crippen molar-refractivity contribution in [2.75, 3.05) is 31.1 Å². The molecule has 0 spiro atoms. The van der Waals surface area contributed by atoms with Crippen LogP contribution in [0.3, 0.4) is 0 Å². The zero-order valence-corrected chi connectivity index (χ0v) is 19.3. The Morgan fingerprint density at radius 1 is 0.906 bits per heavy atom. The van der Waals surface area contributed by atoms with Gasteiger partial charge in [-0.2, -0.15) is 0 Å². The van der Waals surface area contributed by atoms with Gasteiger partial charge in [-0.15, -0.1) is 0 Å². The molecule has 2 aromatic carbocycles. The summed E-state index contributed by atoms with van der Waals surface area (Å²) in [5.41, 5.74) is 4.45. The maximum atomic E-state index is 12.6. The summed E-state index contributed by atoms with van der Waals surface area (Å²) in [5.74, 6) is 2.02. The molecule has 4 rings (SSSR count). The summed E-state index contributed by atoms with van der Waals surface area (Å²) < 4.78 is 0. The second kappa shape index (κ2) is 9.94. The Hall–Kier alpha value is -3.21. The van der Waals surface area contributed by atoms with Crippen LogP contribution in [0, 0.1) is 12.8 Å². The van der Waals surface area contributed by atoms with Gasteiger partial charge in [0.15, 0.2) is 5.82 Å². The lowest BCUT2D eigenvalue weighted by Crippen LogP contribution is -2.37. The molecule has 2 heterocycles. The number of nitrogens with zero attached hydrogens (tertiary/aromatic N) is 4. The summed E-state index contributed by atoms with van der Waals surface area (Å²) in [5, 5.41) is 0. The minimum absolute atomic E-state index is 0.0289. The molecule has 3 aromatic rings. The Kier molecular flexibility index (Phi) is 6.84. The fourth-order valence-corrected chi connectivity index (χ4v) is 4.28. The second-order valence-electron chi connectivity index (χ2n) is 8.78. The van der Waals surface area contributed by atoms with E-state index in [1.54, 1.807) is 0 Å². The van der Waals surface area contributed by atoms with E-state index in [4.69, 9.17) is 9.97 Å². The Bertz CT molecular complexity index is 1050. The molecule has 0 bridgehead atoms. The van der Waals surface area contributed by atoms with Crippen LogP contribution in [-0.2, 0) is 11.2 Å². The van der Waals surface area contributed by atoms with Crippen molar-refractivity contribution in [3.63, 3.8) is 0 Å². The number of carbonyl (C=O) groups is 1. The summed E-state index contributed by atoms with van der Waals surface area (Å²) in [6, 6.07) is 20.7. The van der Waals surface area contributed by atoms with Crippen LogP contribution >= 0.6 is 0 Å². The van der Waals surface area contributed by atoms with Gasteiger partial charge in [0.2, 0.25) is 5.91 Å². The maximum Gasteiger partial charge on any atom is 0.225 e. The number of amides is 1. The molecule has 5 heteroatoms. The van der Waals surface area contributed by atoms with Gasteiger partial charge in [0.1, 0.15) is 5.82 Å². The van der Waals surface area contributed by atoms with Gasteiger partial charge in [-0.1, -0.05) is 74.5 Å². The molecule has 0 N–H and O–H groups in total. The Labute approximate surface area is 191 Å². The first-order chi connectivity index (χ1) is 15.5. The molecule has 1 amide bonds. The van der Waals surface area contributed by atoms with E-state index in [0.29, 0.717) is 0 Å². The van der Waals surface area contributed by atoms with Gasteiger partial charge in [-0.05, 0) is 18.9 Å². The van der Waals surface area contributed by atoms with Crippen LogP contribution in [0.2, 0.25) is 0 Å². The molecule has 0 aliphatic carbocycles. The van der Waals surface area contributed by atoms with E-state index < -0.39 is 0 Å². The smallest absolute Gasteiger partial charge is 0.225 e. The van der Waals surface area contributed by atoms with Crippen molar-refractivity contribution in [1.82, 2.24) is 14.9 Å². The highest BCUT2D eigenvalue weighted by atomic mass is 16.2. The molecule has 0 unspecified atom stereocenters. The molecular formula is C27H32N4O. The number of rotatable bonds is 5. The number of aromatic nitrogens is 2. The first kappa shape index (κ1) is 22.0. The SMILES string of the molecule is Cc1nc(-c2ccccc2)nc(N2CCCN(C(=O)C(C)C)CC2)c1Cc1ccccc1. The van der Waals surface area contributed by atoms with Gasteiger partial charge in [-0.25, -0.2) is 9.97 Å². The van der Waals surface area contributed by atoms with Crippen LogP contribution in [0.15, 0.2) is 60.7 Å². The molecule has 1 aliphatic heterocycles. The third-order valence-corrected chi connectivity index (χ3v) is 6.05. The highest BCUT2D eigenvalue weighted by Crippen LogP contribution is 2.28. The van der Waals surface area contributed by atoms with Gasteiger partial charge in [-0.3, -0.25) is 4.79 Å². The lowest BCUT2D eigenvalue weighted by Gasteiger charge is -2.26. The van der Waals surface area contributed by atoms with Gasteiger partial charge >= 0.3 is 0 Å². The monoisotopic (exact) mass is 428 g/mol. The van der Waals surface area contributed by atoms with E-state index in [1.165, 1.54) is 11.1 Å². The van der Waals surface area contributed by atoms with Crippen LogP contribution in [0.5, 0.6) is 0 Å². The second-order valence-corrected chi connectivity index (χ2v) is 8.78. The van der Waals surface area contributed by atoms with Gasteiger partial charge in [0, 0.05) is 55.3 Å². The van der Waals surface area contributed by atoms with E-state index >= 15 is 0 Å². The lowest BCUT2D eigenvalue weighted by molar-refractivity contribution is -0.134. The molecule has 0 atom stereocenters. The predicted octanol–water partition coefficient (Wildman–Crippen LogP) is 4.74. The molecule has 166 valence electrons. The van der Waals surface area contributed by atoms with Crippen LogP contribution in [0.1, 0.15) is 37.1 Å². The number of carbonyl (C=O) groups excluding carboxylic acids is 1. The summed E-state index contributed by atoms with van der Waals surface area (Å²) >= 11 is 0. The van der Waals surface area contributed by atoms with Gasteiger partial charge < -0.3 is 9.80 Å². The molecule has 5 nitrogen and oxygen atoms in total. The number of hydrogen-bond donors (Lipinski definition) is 0. The summed E-state index contributed by atoms with van der Waals surface area (Å²) in [6.07, 6.45) is 1.73. The van der Waals surface area contributed by atoms with Gasteiger partial charge in [0.05, 0.1) is 0 Å². The molecule has 1 fully saturated rings. The average Bonchev–Trinajstić information content (AvgIpc) is 3.07. The van der Waals surface area contributed by atoms with Crippen molar-refractivity contribution in [3.8, 4) is 11.4 Å². The number of benzene rings is 2. The minimum atomic E-state index is 0.0289. The van der Waals surface area contributed by atoms with Crippen molar-refractivity contribution in [3.05, 3.63) is 77.5 Å². The number of anilines is 1. The normalized spacial score (nSPS) is 14.5. The maximum absolute atomic E-state index is 12.6. The standard InChI is InChI=1S/C27H32N4O/c1-20(2)27(32)31-16-10-15-30(17-18-31)26-24(19-22-11-6-4-7-12-22)21(3)28-25(29-26)23-13-8-5-9-14-23/h4-9,11-14,20H,10,15-19H2,1-3H3. The summed E-state index contributed by atoms with van der Waals surface area (Å²) in [6.45, 7) is 9.23. The minimum Gasteiger partial charge on any atom is -0.354 e. The zero-order valence-electron chi connectivity index (χ0n) is 19.3. The van der Waals surface area contributed by atoms with Crippen molar-refractivity contribution in [2.24, 2.45) is 5.92 Å². The molecule has 0 radical (unpaired) electrons. The fourth-order valence-electron chi connectivity index (χ4n) is 4.28. The largest absolute Gasteiger partial charge is 0.354 e. The molecular weight excluding hydrogens is 396 g/mol. The third kappa shape index (κ3) is 4.98. The number of aryl methyl sites for hydroxylation is 1. The molecule has 0 saturated carbocycles. The highest BCUT2D eigenvalue weighted by molar-refractivity contribution is 5.78. The van der Waals surface area contributed by atoms with E-state index in [2.05, 4.69) is 48.2 Å². The fraction of sp³-hybridized carbons (Fsp3) is 0.370. The first-order valence-electron chi connectivity index (χ1n) is 11.5. The van der Waals surface area contributed by atoms with E-state index in [-0.39, 0.29) is 11.8 Å².